The number of likely N-dealkylation sites (N-methyl/N-ethyl adjacent to an activating group) is 1. The summed E-state index contributed by atoms with van der Waals surface area (Å²) in [6.45, 7) is 4.06. The molecule has 0 fully saturated rings. The monoisotopic (exact) mass is 235 g/mol. The molecule has 0 spiro atoms. The summed E-state index contributed by atoms with van der Waals surface area (Å²) in [5.41, 5.74) is 1.83. The number of rotatable bonds is 6. The smallest absolute Gasteiger partial charge is 0.179 e. The van der Waals surface area contributed by atoms with Gasteiger partial charge in [-0.15, -0.1) is 0 Å². The molecule has 0 saturated heterocycles. The number of methoxy groups -OCH3 is 1. The van der Waals surface area contributed by atoms with Crippen LogP contribution in [0.3, 0.4) is 0 Å². The average molecular weight is 235 g/mol. The highest BCUT2D eigenvalue weighted by molar-refractivity contribution is 6.00. The molecule has 94 valence electrons. The van der Waals surface area contributed by atoms with Crippen molar-refractivity contribution < 1.29 is 9.53 Å². The number of hydrogen-bond acceptors (Lipinski definition) is 3. The minimum atomic E-state index is -0.104. The lowest BCUT2D eigenvalue weighted by atomic mass is 9.99. The van der Waals surface area contributed by atoms with E-state index in [2.05, 4.69) is 12.2 Å². The number of ether oxygens (including phenoxy) is 1. The Balaban J connectivity index is 3.03. The van der Waals surface area contributed by atoms with E-state index in [1.54, 1.807) is 7.11 Å². The topological polar surface area (TPSA) is 38.3 Å². The number of Topliss-reactive ketones (excluding diaryl/α,β-unsaturated/α-hetero) is 1. The van der Waals surface area contributed by atoms with E-state index in [4.69, 9.17) is 4.74 Å². The van der Waals surface area contributed by atoms with Crippen LogP contribution in [-0.4, -0.2) is 26.0 Å². The summed E-state index contributed by atoms with van der Waals surface area (Å²) in [4.78, 5) is 12.2. The molecule has 1 aromatic rings. The van der Waals surface area contributed by atoms with Gasteiger partial charge in [-0.1, -0.05) is 13.8 Å². The van der Waals surface area contributed by atoms with Crippen LogP contribution >= 0.6 is 0 Å². The van der Waals surface area contributed by atoms with Gasteiger partial charge in [-0.2, -0.15) is 0 Å². The molecule has 0 amide bonds. The number of carbonyl (C=O) groups is 1. The average Bonchev–Trinajstić information content (AvgIpc) is 2.39. The molecule has 1 atom stereocenters. The van der Waals surface area contributed by atoms with Crippen LogP contribution in [0, 0.1) is 0 Å². The van der Waals surface area contributed by atoms with Crippen molar-refractivity contribution in [3.8, 4) is 5.75 Å². The molecule has 0 bridgehead atoms. The molecule has 1 N–H and O–H groups in total. The molecule has 0 aliphatic heterocycles. The quantitative estimate of drug-likeness (QED) is 0.770. The predicted molar refractivity (Wildman–Crippen MR) is 69.8 cm³/mol. The van der Waals surface area contributed by atoms with Crippen LogP contribution in [0.2, 0.25) is 0 Å². The van der Waals surface area contributed by atoms with Gasteiger partial charge in [-0.25, -0.2) is 0 Å². The second-order valence-electron chi connectivity index (χ2n) is 3.99. The maximum absolute atomic E-state index is 12.2. The molecule has 0 aliphatic rings. The van der Waals surface area contributed by atoms with E-state index in [0.29, 0.717) is 0 Å². The van der Waals surface area contributed by atoms with Crippen molar-refractivity contribution in [1.82, 2.24) is 5.32 Å². The summed E-state index contributed by atoms with van der Waals surface area (Å²) in [6.07, 6.45) is 1.66. The van der Waals surface area contributed by atoms with Crippen molar-refractivity contribution in [2.24, 2.45) is 0 Å². The van der Waals surface area contributed by atoms with Gasteiger partial charge in [0.1, 0.15) is 5.75 Å². The highest BCUT2D eigenvalue weighted by Crippen LogP contribution is 2.21. The Kier molecular flexibility index (Phi) is 5.16. The summed E-state index contributed by atoms with van der Waals surface area (Å²) in [5, 5.41) is 3.04. The second kappa shape index (κ2) is 6.40. The third kappa shape index (κ3) is 3.07. The second-order valence-corrected chi connectivity index (χ2v) is 3.99. The van der Waals surface area contributed by atoms with Crippen molar-refractivity contribution >= 4 is 5.78 Å². The van der Waals surface area contributed by atoms with Crippen molar-refractivity contribution in [3.05, 3.63) is 29.3 Å². The van der Waals surface area contributed by atoms with Gasteiger partial charge in [0.2, 0.25) is 0 Å². The molecular formula is C14H21NO2. The molecule has 0 radical (unpaired) electrons. The number of benzene rings is 1. The van der Waals surface area contributed by atoms with Crippen molar-refractivity contribution in [1.29, 1.82) is 0 Å². The highest BCUT2D eigenvalue weighted by atomic mass is 16.5. The first kappa shape index (κ1) is 13.7. The zero-order valence-electron chi connectivity index (χ0n) is 11.0. The maximum atomic E-state index is 12.2. The van der Waals surface area contributed by atoms with Crippen LogP contribution in [0.15, 0.2) is 18.2 Å². The predicted octanol–water partition coefficient (Wildman–Crippen LogP) is 2.44. The Morgan fingerprint density at radius 1 is 1.41 bits per heavy atom. The molecule has 0 aromatic heterocycles. The highest BCUT2D eigenvalue weighted by Gasteiger charge is 2.17. The van der Waals surface area contributed by atoms with Crippen LogP contribution in [-0.2, 0) is 6.42 Å². The molecule has 0 aliphatic carbocycles. The normalized spacial score (nSPS) is 12.2. The fourth-order valence-electron chi connectivity index (χ4n) is 1.93. The van der Waals surface area contributed by atoms with E-state index in [0.717, 1.165) is 29.7 Å². The van der Waals surface area contributed by atoms with E-state index in [1.807, 2.05) is 32.2 Å². The Bertz CT molecular complexity index is 384. The summed E-state index contributed by atoms with van der Waals surface area (Å²) < 4.78 is 5.26. The Morgan fingerprint density at radius 2 is 2.12 bits per heavy atom. The lowest BCUT2D eigenvalue weighted by Crippen LogP contribution is -2.33. The molecule has 3 nitrogen and oxygen atoms in total. The van der Waals surface area contributed by atoms with Crippen molar-refractivity contribution in [2.45, 2.75) is 32.7 Å². The number of ketones is 1. The molecular weight excluding hydrogens is 214 g/mol. The van der Waals surface area contributed by atoms with E-state index >= 15 is 0 Å². The fraction of sp³-hybridized carbons (Fsp3) is 0.500. The first-order chi connectivity index (χ1) is 8.17. The number of hydrogen-bond donors (Lipinski definition) is 1. The molecule has 1 unspecified atom stereocenters. The van der Waals surface area contributed by atoms with Gasteiger partial charge in [0, 0.05) is 5.56 Å². The summed E-state index contributed by atoms with van der Waals surface area (Å²) in [5.74, 6) is 0.994. The Morgan fingerprint density at radius 3 is 2.59 bits per heavy atom. The van der Waals surface area contributed by atoms with Crippen molar-refractivity contribution in [3.63, 3.8) is 0 Å². The van der Waals surface area contributed by atoms with Crippen LogP contribution in [0.1, 0.15) is 36.2 Å². The number of aryl methyl sites for hydroxylation is 1. The van der Waals surface area contributed by atoms with Crippen LogP contribution < -0.4 is 10.1 Å². The van der Waals surface area contributed by atoms with Crippen LogP contribution in [0.5, 0.6) is 5.75 Å². The minimum Gasteiger partial charge on any atom is -0.496 e. The zero-order chi connectivity index (χ0) is 12.8. The molecule has 3 heteroatoms. The Hall–Kier alpha value is -1.35. The third-order valence-corrected chi connectivity index (χ3v) is 3.02. The lowest BCUT2D eigenvalue weighted by Gasteiger charge is -2.14. The fourth-order valence-corrected chi connectivity index (χ4v) is 1.93. The van der Waals surface area contributed by atoms with E-state index < -0.39 is 0 Å². The lowest BCUT2D eigenvalue weighted by molar-refractivity contribution is 0.0945. The largest absolute Gasteiger partial charge is 0.496 e. The third-order valence-electron chi connectivity index (χ3n) is 3.02. The molecule has 0 heterocycles. The van der Waals surface area contributed by atoms with Gasteiger partial charge in [-0.3, -0.25) is 4.79 Å². The summed E-state index contributed by atoms with van der Waals surface area (Å²) >= 11 is 0. The molecule has 0 saturated carbocycles. The summed E-state index contributed by atoms with van der Waals surface area (Å²) in [6, 6.07) is 5.53. The first-order valence-corrected chi connectivity index (χ1v) is 6.06. The van der Waals surface area contributed by atoms with Gasteiger partial charge in [0.25, 0.3) is 0 Å². The van der Waals surface area contributed by atoms with Gasteiger partial charge < -0.3 is 10.1 Å². The molecule has 17 heavy (non-hydrogen) atoms. The first-order valence-electron chi connectivity index (χ1n) is 6.06. The van der Waals surface area contributed by atoms with E-state index in [-0.39, 0.29) is 11.8 Å². The van der Waals surface area contributed by atoms with Crippen LogP contribution in [0.4, 0.5) is 0 Å². The number of carbonyl (C=O) groups excluding carboxylic acids is 1. The van der Waals surface area contributed by atoms with E-state index in [9.17, 15) is 4.79 Å². The molecule has 1 rings (SSSR count). The minimum absolute atomic E-state index is 0.104. The standard InChI is InChI=1S/C14H21NO2/c1-5-10-9-11(7-8-13(10)17-4)14(16)12(6-2)15-3/h7-9,12,15H,5-6H2,1-4H3. The SMILES string of the molecule is CCc1cc(C(=O)C(CC)NC)ccc1OC. The van der Waals surface area contributed by atoms with Crippen molar-refractivity contribution in [2.75, 3.05) is 14.2 Å². The molecule has 1 aromatic carbocycles. The summed E-state index contributed by atoms with van der Waals surface area (Å²) in [7, 11) is 3.47. The maximum Gasteiger partial charge on any atom is 0.179 e. The zero-order valence-corrected chi connectivity index (χ0v) is 11.0. The Labute approximate surface area is 103 Å². The van der Waals surface area contributed by atoms with Crippen LogP contribution in [0.25, 0.3) is 0 Å². The van der Waals surface area contributed by atoms with Gasteiger partial charge >= 0.3 is 0 Å². The van der Waals surface area contributed by atoms with Gasteiger partial charge in [0.05, 0.1) is 13.2 Å². The number of nitrogens with one attached hydrogen (secondary N) is 1. The van der Waals surface area contributed by atoms with Gasteiger partial charge in [0.15, 0.2) is 5.78 Å². The van der Waals surface area contributed by atoms with E-state index in [1.165, 1.54) is 0 Å². The van der Waals surface area contributed by atoms with Gasteiger partial charge in [-0.05, 0) is 43.7 Å².